The van der Waals surface area contributed by atoms with Crippen molar-refractivity contribution in [3.8, 4) is 0 Å². The number of sulfonamides is 1. The van der Waals surface area contributed by atoms with E-state index < -0.39 is 10.0 Å². The second-order valence-electron chi connectivity index (χ2n) is 4.56. The van der Waals surface area contributed by atoms with E-state index in [1.54, 1.807) is 7.11 Å². The molecule has 0 saturated carbocycles. The number of hydrogen-bond acceptors (Lipinski definition) is 4. The number of halogens is 1. The van der Waals surface area contributed by atoms with E-state index in [0.717, 1.165) is 0 Å². The van der Waals surface area contributed by atoms with Crippen molar-refractivity contribution in [2.75, 3.05) is 26.8 Å². The van der Waals surface area contributed by atoms with Crippen LogP contribution in [0.25, 0.3) is 0 Å². The maximum absolute atomic E-state index is 12.5. The Bertz CT molecular complexity index is 505. The summed E-state index contributed by atoms with van der Waals surface area (Å²) >= 11 is 5.75. The molecule has 0 aliphatic carbocycles. The lowest BCUT2D eigenvalue weighted by Crippen LogP contribution is -2.36. The molecule has 1 aromatic rings. The van der Waals surface area contributed by atoms with Crippen LogP contribution >= 0.6 is 11.6 Å². The highest BCUT2D eigenvalue weighted by Crippen LogP contribution is 2.19. The maximum atomic E-state index is 12.5. The number of aromatic nitrogens is 1. The van der Waals surface area contributed by atoms with E-state index in [0.29, 0.717) is 19.7 Å². The smallest absolute Gasteiger partial charge is 0.243 e. The second kappa shape index (κ2) is 7.19. The molecule has 0 aliphatic heterocycles. The molecule has 0 amide bonds. The molecular weight excluding hydrogens is 288 g/mol. The molecule has 0 aliphatic rings. The Morgan fingerprint density at radius 1 is 1.47 bits per heavy atom. The van der Waals surface area contributed by atoms with Gasteiger partial charge in [0.15, 0.2) is 0 Å². The van der Waals surface area contributed by atoms with Crippen molar-refractivity contribution in [1.82, 2.24) is 9.29 Å². The molecule has 0 spiro atoms. The Kier molecular flexibility index (Phi) is 6.19. The number of pyridine rings is 1. The van der Waals surface area contributed by atoms with E-state index in [1.165, 1.54) is 22.6 Å². The van der Waals surface area contributed by atoms with Crippen molar-refractivity contribution in [2.24, 2.45) is 5.92 Å². The fourth-order valence-corrected chi connectivity index (χ4v) is 3.44. The largest absolute Gasteiger partial charge is 0.383 e. The third kappa shape index (κ3) is 4.72. The third-order valence-electron chi connectivity index (χ3n) is 2.45. The summed E-state index contributed by atoms with van der Waals surface area (Å²) in [5.41, 5.74) is 0. The Morgan fingerprint density at radius 3 is 2.68 bits per heavy atom. The summed E-state index contributed by atoms with van der Waals surface area (Å²) in [6.07, 6.45) is 1.39. The Labute approximate surface area is 119 Å². The molecule has 108 valence electrons. The van der Waals surface area contributed by atoms with Crippen LogP contribution in [0.15, 0.2) is 23.2 Å². The van der Waals surface area contributed by atoms with Gasteiger partial charge in [0.05, 0.1) is 11.5 Å². The molecule has 0 bridgehead atoms. The summed E-state index contributed by atoms with van der Waals surface area (Å²) in [7, 11) is -2.02. The van der Waals surface area contributed by atoms with E-state index in [2.05, 4.69) is 4.98 Å². The topological polar surface area (TPSA) is 59.5 Å². The van der Waals surface area contributed by atoms with Crippen LogP contribution in [0.3, 0.4) is 0 Å². The van der Waals surface area contributed by atoms with Gasteiger partial charge in [-0.05, 0) is 18.1 Å². The molecule has 0 aromatic carbocycles. The Hall–Kier alpha value is -0.690. The molecule has 0 N–H and O–H groups in total. The van der Waals surface area contributed by atoms with Gasteiger partial charge in [-0.2, -0.15) is 4.31 Å². The summed E-state index contributed by atoms with van der Waals surface area (Å²) < 4.78 is 31.4. The molecular formula is C12H19ClN2O3S. The first-order chi connectivity index (χ1) is 8.87. The van der Waals surface area contributed by atoms with Gasteiger partial charge in [-0.25, -0.2) is 13.4 Å². The predicted molar refractivity (Wildman–Crippen MR) is 74.7 cm³/mol. The molecule has 19 heavy (non-hydrogen) atoms. The van der Waals surface area contributed by atoms with Gasteiger partial charge in [-0.1, -0.05) is 25.4 Å². The first-order valence-electron chi connectivity index (χ1n) is 5.98. The fourth-order valence-electron chi connectivity index (χ4n) is 1.60. The maximum Gasteiger partial charge on any atom is 0.243 e. The Balaban J connectivity index is 3.04. The zero-order valence-electron chi connectivity index (χ0n) is 11.3. The van der Waals surface area contributed by atoms with Crippen molar-refractivity contribution in [2.45, 2.75) is 18.7 Å². The van der Waals surface area contributed by atoms with Crippen molar-refractivity contribution in [1.29, 1.82) is 0 Å². The van der Waals surface area contributed by atoms with Gasteiger partial charge < -0.3 is 4.74 Å². The van der Waals surface area contributed by atoms with Gasteiger partial charge in [-0.15, -0.1) is 0 Å². The van der Waals surface area contributed by atoms with Crippen LogP contribution in [0, 0.1) is 5.92 Å². The highest BCUT2D eigenvalue weighted by Gasteiger charge is 2.25. The molecule has 0 unspecified atom stereocenters. The molecule has 0 radical (unpaired) electrons. The summed E-state index contributed by atoms with van der Waals surface area (Å²) in [6.45, 7) is 5.04. The first kappa shape index (κ1) is 16.4. The summed E-state index contributed by atoms with van der Waals surface area (Å²) in [6, 6.07) is 2.80. The van der Waals surface area contributed by atoms with Gasteiger partial charge in [0.2, 0.25) is 10.0 Å². The average molecular weight is 307 g/mol. The molecule has 1 heterocycles. The molecule has 1 aromatic heterocycles. The van der Waals surface area contributed by atoms with Crippen LogP contribution in [0.1, 0.15) is 13.8 Å². The van der Waals surface area contributed by atoms with E-state index in [1.807, 2.05) is 13.8 Å². The zero-order chi connectivity index (χ0) is 14.5. The SMILES string of the molecule is COCCN(CC(C)C)S(=O)(=O)c1ccnc(Cl)c1. The number of ether oxygens (including phenoxy) is 1. The first-order valence-corrected chi connectivity index (χ1v) is 7.80. The van der Waals surface area contributed by atoms with Crippen LogP contribution < -0.4 is 0 Å². The number of rotatable bonds is 7. The lowest BCUT2D eigenvalue weighted by atomic mass is 10.2. The predicted octanol–water partition coefficient (Wildman–Crippen LogP) is 2.03. The lowest BCUT2D eigenvalue weighted by Gasteiger charge is -2.23. The zero-order valence-corrected chi connectivity index (χ0v) is 12.9. The normalized spacial score (nSPS) is 12.3. The minimum absolute atomic E-state index is 0.157. The fraction of sp³-hybridized carbons (Fsp3) is 0.583. The monoisotopic (exact) mass is 306 g/mol. The molecule has 0 fully saturated rings. The standard InChI is InChI=1S/C12H19ClN2O3S/c1-10(2)9-15(6-7-18-3)19(16,17)11-4-5-14-12(13)8-11/h4-5,8,10H,6-7,9H2,1-3H3. The number of nitrogens with zero attached hydrogens (tertiary/aromatic N) is 2. The van der Waals surface area contributed by atoms with Crippen LogP contribution in [0.5, 0.6) is 0 Å². The van der Waals surface area contributed by atoms with Gasteiger partial charge in [0, 0.05) is 26.4 Å². The highest BCUT2D eigenvalue weighted by atomic mass is 35.5. The van der Waals surface area contributed by atoms with Crippen LogP contribution in [-0.4, -0.2) is 44.5 Å². The van der Waals surface area contributed by atoms with E-state index in [-0.39, 0.29) is 16.0 Å². The van der Waals surface area contributed by atoms with Crippen LogP contribution in [-0.2, 0) is 14.8 Å². The summed E-state index contributed by atoms with van der Waals surface area (Å²) in [5, 5.41) is 0.164. The average Bonchev–Trinajstić information content (AvgIpc) is 2.34. The van der Waals surface area contributed by atoms with Gasteiger partial charge in [0.1, 0.15) is 5.15 Å². The molecule has 7 heteroatoms. The van der Waals surface area contributed by atoms with Crippen molar-refractivity contribution in [3.63, 3.8) is 0 Å². The summed E-state index contributed by atoms with van der Waals surface area (Å²) in [5.74, 6) is 0.226. The van der Waals surface area contributed by atoms with Crippen LogP contribution in [0.4, 0.5) is 0 Å². The van der Waals surface area contributed by atoms with E-state index in [4.69, 9.17) is 16.3 Å². The summed E-state index contributed by atoms with van der Waals surface area (Å²) in [4.78, 5) is 3.95. The number of hydrogen-bond donors (Lipinski definition) is 0. The Morgan fingerprint density at radius 2 is 2.16 bits per heavy atom. The van der Waals surface area contributed by atoms with Gasteiger partial charge >= 0.3 is 0 Å². The minimum atomic E-state index is -3.56. The van der Waals surface area contributed by atoms with Crippen molar-refractivity contribution < 1.29 is 13.2 Å². The third-order valence-corrected chi connectivity index (χ3v) is 4.52. The van der Waals surface area contributed by atoms with Gasteiger partial charge in [-0.3, -0.25) is 0 Å². The molecule has 1 rings (SSSR count). The minimum Gasteiger partial charge on any atom is -0.383 e. The second-order valence-corrected chi connectivity index (χ2v) is 6.89. The van der Waals surface area contributed by atoms with Crippen LogP contribution in [0.2, 0.25) is 5.15 Å². The highest BCUT2D eigenvalue weighted by molar-refractivity contribution is 7.89. The molecule has 0 atom stereocenters. The van der Waals surface area contributed by atoms with Gasteiger partial charge in [0.25, 0.3) is 0 Å². The molecule has 0 saturated heterocycles. The van der Waals surface area contributed by atoms with E-state index >= 15 is 0 Å². The molecule has 5 nitrogen and oxygen atoms in total. The van der Waals surface area contributed by atoms with Crippen molar-refractivity contribution >= 4 is 21.6 Å². The number of methoxy groups -OCH3 is 1. The van der Waals surface area contributed by atoms with E-state index in [9.17, 15) is 8.42 Å². The lowest BCUT2D eigenvalue weighted by molar-refractivity contribution is 0.175. The van der Waals surface area contributed by atoms with Crippen molar-refractivity contribution in [3.05, 3.63) is 23.5 Å². The quantitative estimate of drug-likeness (QED) is 0.723.